The molecule has 6 nitrogen and oxygen atoms in total. The Hall–Kier alpha value is -1.14. The highest BCUT2D eigenvalue weighted by atomic mass is 16.5. The third-order valence-electron chi connectivity index (χ3n) is 2.42. The Morgan fingerprint density at radius 3 is 2.62 bits per heavy atom. The summed E-state index contributed by atoms with van der Waals surface area (Å²) in [5.41, 5.74) is 0. The van der Waals surface area contributed by atoms with Gasteiger partial charge in [0.1, 0.15) is 12.6 Å². The van der Waals surface area contributed by atoms with Gasteiger partial charge in [-0.05, 0) is 13.8 Å². The van der Waals surface area contributed by atoms with Crippen molar-refractivity contribution in [3.63, 3.8) is 0 Å². The highest BCUT2D eigenvalue weighted by molar-refractivity contribution is 5.85. The fourth-order valence-corrected chi connectivity index (χ4v) is 1.64. The fourth-order valence-electron chi connectivity index (χ4n) is 1.64. The van der Waals surface area contributed by atoms with Crippen LogP contribution in [0, 0.1) is 0 Å². The minimum Gasteiger partial charge on any atom is -0.480 e. The Morgan fingerprint density at radius 2 is 2.12 bits per heavy atom. The number of β-amino-alcohol motifs (C(OH)–C–C–N with tert-alkyl or cyclic N) is 1. The molecule has 6 heteroatoms. The molecule has 0 aromatic carbocycles. The van der Waals surface area contributed by atoms with Gasteiger partial charge in [0, 0.05) is 13.0 Å². The van der Waals surface area contributed by atoms with Gasteiger partial charge in [-0.1, -0.05) is 0 Å². The molecule has 2 N–H and O–H groups in total. The van der Waals surface area contributed by atoms with Crippen LogP contribution in [0.25, 0.3) is 0 Å². The Bertz CT molecular complexity index is 278. The van der Waals surface area contributed by atoms with E-state index in [1.807, 2.05) is 0 Å². The molecule has 2 atom stereocenters. The molecule has 1 aliphatic rings. The predicted octanol–water partition coefficient (Wildman–Crippen LogP) is -0.542. The van der Waals surface area contributed by atoms with E-state index in [-0.39, 0.29) is 25.7 Å². The van der Waals surface area contributed by atoms with Crippen molar-refractivity contribution in [2.24, 2.45) is 0 Å². The van der Waals surface area contributed by atoms with Crippen molar-refractivity contribution in [1.29, 1.82) is 0 Å². The van der Waals surface area contributed by atoms with E-state index < -0.39 is 24.0 Å². The van der Waals surface area contributed by atoms with Gasteiger partial charge in [0.2, 0.25) is 5.91 Å². The van der Waals surface area contributed by atoms with Gasteiger partial charge in [-0.2, -0.15) is 0 Å². The van der Waals surface area contributed by atoms with Crippen molar-refractivity contribution in [2.45, 2.75) is 38.5 Å². The summed E-state index contributed by atoms with van der Waals surface area (Å²) < 4.78 is 5.11. The number of amides is 1. The van der Waals surface area contributed by atoms with Crippen LogP contribution in [0.5, 0.6) is 0 Å². The van der Waals surface area contributed by atoms with E-state index in [0.717, 1.165) is 4.90 Å². The van der Waals surface area contributed by atoms with Crippen LogP contribution in [0.2, 0.25) is 0 Å². The predicted molar refractivity (Wildman–Crippen MR) is 54.8 cm³/mol. The van der Waals surface area contributed by atoms with Crippen molar-refractivity contribution in [2.75, 3.05) is 13.2 Å². The van der Waals surface area contributed by atoms with Gasteiger partial charge in [-0.15, -0.1) is 0 Å². The van der Waals surface area contributed by atoms with Gasteiger partial charge in [0.25, 0.3) is 0 Å². The minimum absolute atomic E-state index is 0.0667. The maximum Gasteiger partial charge on any atom is 0.326 e. The molecule has 0 saturated carbocycles. The molecule has 0 aliphatic carbocycles. The van der Waals surface area contributed by atoms with E-state index in [1.165, 1.54) is 0 Å². The molecular formula is C10H17NO5. The Balaban J connectivity index is 2.56. The van der Waals surface area contributed by atoms with Crippen LogP contribution in [0.1, 0.15) is 20.3 Å². The minimum atomic E-state index is -1.09. The molecule has 1 fully saturated rings. The van der Waals surface area contributed by atoms with Gasteiger partial charge >= 0.3 is 5.97 Å². The second-order valence-electron chi connectivity index (χ2n) is 4.15. The van der Waals surface area contributed by atoms with Crippen molar-refractivity contribution < 1.29 is 24.5 Å². The summed E-state index contributed by atoms with van der Waals surface area (Å²) in [6.07, 6.45) is -0.758. The average molecular weight is 231 g/mol. The molecule has 1 heterocycles. The van der Waals surface area contributed by atoms with Crippen molar-refractivity contribution in [1.82, 2.24) is 4.90 Å². The Kier molecular flexibility index (Phi) is 4.26. The molecule has 1 saturated heterocycles. The first kappa shape index (κ1) is 12.9. The van der Waals surface area contributed by atoms with Crippen LogP contribution in [-0.2, 0) is 14.3 Å². The number of hydrogen-bond donors (Lipinski definition) is 2. The van der Waals surface area contributed by atoms with E-state index in [0.29, 0.717) is 0 Å². The van der Waals surface area contributed by atoms with Crippen molar-refractivity contribution >= 4 is 11.9 Å². The van der Waals surface area contributed by atoms with Crippen LogP contribution in [0.15, 0.2) is 0 Å². The Morgan fingerprint density at radius 1 is 1.50 bits per heavy atom. The number of aliphatic hydroxyl groups excluding tert-OH is 1. The SMILES string of the molecule is CC(C)OCC(=O)N1C[C@H](O)C[C@H]1C(=O)O. The number of carbonyl (C=O) groups excluding carboxylic acids is 1. The second-order valence-corrected chi connectivity index (χ2v) is 4.15. The zero-order chi connectivity index (χ0) is 12.3. The number of nitrogens with zero attached hydrogens (tertiary/aromatic N) is 1. The lowest BCUT2D eigenvalue weighted by molar-refractivity contribution is -0.150. The van der Waals surface area contributed by atoms with Gasteiger partial charge in [0.15, 0.2) is 0 Å². The molecule has 0 unspecified atom stereocenters. The third kappa shape index (κ3) is 3.18. The summed E-state index contributed by atoms with van der Waals surface area (Å²) >= 11 is 0. The lowest BCUT2D eigenvalue weighted by Gasteiger charge is -2.21. The number of aliphatic hydroxyl groups is 1. The van der Waals surface area contributed by atoms with Crippen LogP contribution in [0.3, 0.4) is 0 Å². The number of carbonyl (C=O) groups is 2. The summed E-state index contributed by atoms with van der Waals surface area (Å²) in [5, 5.41) is 18.2. The average Bonchev–Trinajstić information content (AvgIpc) is 2.56. The largest absolute Gasteiger partial charge is 0.480 e. The van der Waals surface area contributed by atoms with E-state index in [1.54, 1.807) is 13.8 Å². The molecule has 16 heavy (non-hydrogen) atoms. The van der Waals surface area contributed by atoms with E-state index in [4.69, 9.17) is 9.84 Å². The molecular weight excluding hydrogens is 214 g/mol. The first-order valence-electron chi connectivity index (χ1n) is 5.23. The van der Waals surface area contributed by atoms with Crippen LogP contribution in [0.4, 0.5) is 0 Å². The number of carboxylic acids is 1. The summed E-state index contributed by atoms with van der Waals surface area (Å²) in [7, 11) is 0. The lowest BCUT2D eigenvalue weighted by Crippen LogP contribution is -2.42. The Labute approximate surface area is 93.8 Å². The van der Waals surface area contributed by atoms with Crippen molar-refractivity contribution in [3.8, 4) is 0 Å². The topological polar surface area (TPSA) is 87.1 Å². The van der Waals surface area contributed by atoms with Gasteiger partial charge in [-0.25, -0.2) is 4.79 Å². The highest BCUT2D eigenvalue weighted by Gasteiger charge is 2.38. The van der Waals surface area contributed by atoms with Gasteiger partial charge < -0.3 is 19.8 Å². The number of carboxylic acid groups (broad SMARTS) is 1. The van der Waals surface area contributed by atoms with Crippen LogP contribution < -0.4 is 0 Å². The van der Waals surface area contributed by atoms with Crippen LogP contribution >= 0.6 is 0 Å². The standard InChI is InChI=1S/C10H17NO5/c1-6(2)16-5-9(13)11-4-7(12)3-8(11)10(14)15/h6-8,12H,3-5H2,1-2H3,(H,14,15)/t7-,8+/m1/s1. The van der Waals surface area contributed by atoms with E-state index in [2.05, 4.69) is 0 Å². The molecule has 0 aromatic heterocycles. The quantitative estimate of drug-likeness (QED) is 0.678. The number of likely N-dealkylation sites (tertiary alicyclic amines) is 1. The zero-order valence-corrected chi connectivity index (χ0v) is 9.42. The summed E-state index contributed by atoms with van der Waals surface area (Å²) in [6, 6.07) is -0.932. The summed E-state index contributed by atoms with van der Waals surface area (Å²) in [6.45, 7) is 3.51. The molecule has 0 aromatic rings. The second kappa shape index (κ2) is 5.27. The van der Waals surface area contributed by atoms with Crippen molar-refractivity contribution in [3.05, 3.63) is 0 Å². The molecule has 1 rings (SSSR count). The molecule has 1 aliphatic heterocycles. The van der Waals surface area contributed by atoms with Gasteiger partial charge in [0.05, 0.1) is 12.2 Å². The maximum absolute atomic E-state index is 11.6. The number of hydrogen-bond acceptors (Lipinski definition) is 4. The summed E-state index contributed by atoms with van der Waals surface area (Å²) in [5.74, 6) is -1.48. The monoisotopic (exact) mass is 231 g/mol. The van der Waals surface area contributed by atoms with E-state index in [9.17, 15) is 14.7 Å². The van der Waals surface area contributed by atoms with E-state index >= 15 is 0 Å². The molecule has 0 bridgehead atoms. The fraction of sp³-hybridized carbons (Fsp3) is 0.800. The summed E-state index contributed by atoms with van der Waals surface area (Å²) in [4.78, 5) is 23.7. The third-order valence-corrected chi connectivity index (χ3v) is 2.42. The molecule has 0 radical (unpaired) electrons. The molecule has 1 amide bonds. The van der Waals surface area contributed by atoms with Gasteiger partial charge in [-0.3, -0.25) is 4.79 Å². The number of ether oxygens (including phenoxy) is 1. The lowest BCUT2D eigenvalue weighted by atomic mass is 10.2. The zero-order valence-electron chi connectivity index (χ0n) is 9.42. The first-order valence-corrected chi connectivity index (χ1v) is 5.23. The molecule has 0 spiro atoms. The highest BCUT2D eigenvalue weighted by Crippen LogP contribution is 2.18. The maximum atomic E-state index is 11.6. The smallest absolute Gasteiger partial charge is 0.326 e. The normalized spacial score (nSPS) is 25.1. The first-order chi connectivity index (χ1) is 7.41. The number of rotatable bonds is 4. The van der Waals surface area contributed by atoms with Crippen LogP contribution in [-0.4, -0.2) is 58.4 Å². The number of aliphatic carboxylic acids is 1. The molecule has 92 valence electrons.